The molecule has 0 N–H and O–H groups in total. The Kier molecular flexibility index (Phi) is 8.09. The van der Waals surface area contributed by atoms with Crippen LogP contribution in [-0.2, 0) is 14.8 Å². The summed E-state index contributed by atoms with van der Waals surface area (Å²) in [6, 6.07) is 16.6. The Labute approximate surface area is 220 Å². The maximum Gasteiger partial charge on any atom is 0.264 e. The Hall–Kier alpha value is -3.50. The number of methoxy groups -OCH3 is 2. The number of amides is 1. The largest absolute Gasteiger partial charge is 0.493 e. The molecule has 0 bridgehead atoms. The van der Waals surface area contributed by atoms with Crippen molar-refractivity contribution in [2.45, 2.75) is 4.90 Å². The SMILES string of the molecule is COc1ccc(S(=O)(=O)N(CC(=O)N2CCN(c3cccc(Cl)c3)CC2)c2ccc(F)cc2)cc1OC. The van der Waals surface area contributed by atoms with Crippen molar-refractivity contribution in [2.24, 2.45) is 0 Å². The van der Waals surface area contributed by atoms with Gasteiger partial charge in [-0.2, -0.15) is 0 Å². The molecule has 1 aliphatic rings. The summed E-state index contributed by atoms with van der Waals surface area (Å²) < 4.78 is 52.5. The molecular weight excluding hydrogens is 521 g/mol. The van der Waals surface area contributed by atoms with Crippen LogP contribution < -0.4 is 18.7 Å². The van der Waals surface area contributed by atoms with Crippen LogP contribution >= 0.6 is 11.6 Å². The van der Waals surface area contributed by atoms with E-state index in [1.165, 1.54) is 44.6 Å². The van der Waals surface area contributed by atoms with Crippen molar-refractivity contribution < 1.29 is 27.1 Å². The second kappa shape index (κ2) is 11.3. The molecule has 1 aliphatic heterocycles. The molecule has 1 amide bonds. The molecule has 0 spiro atoms. The van der Waals surface area contributed by atoms with Crippen LogP contribution in [0, 0.1) is 5.82 Å². The number of benzene rings is 3. The molecule has 1 fully saturated rings. The van der Waals surface area contributed by atoms with Gasteiger partial charge in [0.05, 0.1) is 24.8 Å². The third kappa shape index (κ3) is 5.91. The monoisotopic (exact) mass is 547 g/mol. The molecule has 0 aliphatic carbocycles. The Morgan fingerprint density at radius 2 is 1.62 bits per heavy atom. The zero-order valence-corrected chi connectivity index (χ0v) is 22.0. The minimum Gasteiger partial charge on any atom is -0.493 e. The van der Waals surface area contributed by atoms with E-state index < -0.39 is 22.4 Å². The first-order valence-corrected chi connectivity index (χ1v) is 13.3. The fraction of sp³-hybridized carbons (Fsp3) is 0.269. The van der Waals surface area contributed by atoms with Gasteiger partial charge in [-0.25, -0.2) is 12.8 Å². The lowest BCUT2D eigenvalue weighted by Crippen LogP contribution is -2.52. The average Bonchev–Trinajstić information content (AvgIpc) is 2.91. The van der Waals surface area contributed by atoms with E-state index in [-0.39, 0.29) is 22.2 Å². The average molecular weight is 548 g/mol. The lowest BCUT2D eigenvalue weighted by Gasteiger charge is -2.37. The summed E-state index contributed by atoms with van der Waals surface area (Å²) in [5, 5.41) is 0.631. The fourth-order valence-electron chi connectivity index (χ4n) is 4.14. The molecule has 0 radical (unpaired) electrons. The number of hydrogen-bond donors (Lipinski definition) is 0. The predicted molar refractivity (Wildman–Crippen MR) is 141 cm³/mol. The molecule has 0 aromatic heterocycles. The maximum atomic E-state index is 13.7. The van der Waals surface area contributed by atoms with Crippen molar-refractivity contribution in [3.8, 4) is 11.5 Å². The summed E-state index contributed by atoms with van der Waals surface area (Å²) in [6.45, 7) is 1.54. The molecule has 4 rings (SSSR count). The van der Waals surface area contributed by atoms with E-state index in [0.29, 0.717) is 37.0 Å². The topological polar surface area (TPSA) is 79.4 Å². The van der Waals surface area contributed by atoms with Gasteiger partial charge in [0, 0.05) is 43.0 Å². The van der Waals surface area contributed by atoms with Crippen LogP contribution in [0.2, 0.25) is 5.02 Å². The van der Waals surface area contributed by atoms with Gasteiger partial charge in [-0.15, -0.1) is 0 Å². The van der Waals surface area contributed by atoms with Gasteiger partial charge in [0.1, 0.15) is 12.4 Å². The van der Waals surface area contributed by atoms with E-state index in [1.54, 1.807) is 11.0 Å². The van der Waals surface area contributed by atoms with Crippen molar-refractivity contribution in [1.29, 1.82) is 0 Å². The molecule has 1 heterocycles. The van der Waals surface area contributed by atoms with Crippen LogP contribution in [0.25, 0.3) is 0 Å². The van der Waals surface area contributed by atoms with E-state index in [0.717, 1.165) is 22.1 Å². The van der Waals surface area contributed by atoms with Crippen molar-refractivity contribution in [3.63, 3.8) is 0 Å². The van der Waals surface area contributed by atoms with Gasteiger partial charge in [0.15, 0.2) is 11.5 Å². The highest BCUT2D eigenvalue weighted by Crippen LogP contribution is 2.32. The van der Waals surface area contributed by atoms with Gasteiger partial charge in [-0.1, -0.05) is 17.7 Å². The molecular formula is C26H27ClFN3O5S. The van der Waals surface area contributed by atoms with Crippen molar-refractivity contribution in [2.75, 3.05) is 56.1 Å². The second-order valence-corrected chi connectivity index (χ2v) is 10.7. The molecule has 196 valence electrons. The molecule has 37 heavy (non-hydrogen) atoms. The Bertz CT molecular complexity index is 1360. The van der Waals surface area contributed by atoms with E-state index in [4.69, 9.17) is 21.1 Å². The molecule has 8 nitrogen and oxygen atoms in total. The zero-order chi connectivity index (χ0) is 26.6. The number of hydrogen-bond acceptors (Lipinski definition) is 6. The highest BCUT2D eigenvalue weighted by molar-refractivity contribution is 7.92. The van der Waals surface area contributed by atoms with Crippen LogP contribution in [0.15, 0.2) is 71.6 Å². The van der Waals surface area contributed by atoms with Crippen LogP contribution in [0.4, 0.5) is 15.8 Å². The van der Waals surface area contributed by atoms with E-state index in [9.17, 15) is 17.6 Å². The normalized spacial score (nSPS) is 13.8. The summed E-state index contributed by atoms with van der Waals surface area (Å²) in [7, 11) is -1.37. The van der Waals surface area contributed by atoms with Crippen molar-refractivity contribution in [3.05, 3.63) is 77.6 Å². The second-order valence-electron chi connectivity index (χ2n) is 8.35. The zero-order valence-electron chi connectivity index (χ0n) is 20.4. The number of rotatable bonds is 8. The van der Waals surface area contributed by atoms with Crippen LogP contribution in [0.5, 0.6) is 11.5 Å². The van der Waals surface area contributed by atoms with Gasteiger partial charge < -0.3 is 19.3 Å². The molecule has 3 aromatic carbocycles. The quantitative estimate of drug-likeness (QED) is 0.423. The van der Waals surface area contributed by atoms with Gasteiger partial charge in [-0.05, 0) is 54.6 Å². The van der Waals surface area contributed by atoms with Gasteiger partial charge >= 0.3 is 0 Å². The van der Waals surface area contributed by atoms with E-state index in [2.05, 4.69) is 4.90 Å². The third-order valence-corrected chi connectivity index (χ3v) is 8.15. The number of carbonyl (C=O) groups excluding carboxylic acids is 1. The molecule has 0 unspecified atom stereocenters. The highest BCUT2D eigenvalue weighted by atomic mass is 35.5. The van der Waals surface area contributed by atoms with Gasteiger partial charge in [-0.3, -0.25) is 9.10 Å². The third-order valence-electron chi connectivity index (χ3n) is 6.14. The first kappa shape index (κ1) is 26.6. The summed E-state index contributed by atoms with van der Waals surface area (Å²) in [5.41, 5.74) is 1.13. The molecule has 3 aromatic rings. The molecule has 0 atom stereocenters. The summed E-state index contributed by atoms with van der Waals surface area (Å²) >= 11 is 6.11. The maximum absolute atomic E-state index is 13.7. The Morgan fingerprint density at radius 1 is 0.946 bits per heavy atom. The number of anilines is 2. The molecule has 11 heteroatoms. The van der Waals surface area contributed by atoms with E-state index in [1.807, 2.05) is 18.2 Å². The van der Waals surface area contributed by atoms with Crippen LogP contribution in [0.1, 0.15) is 0 Å². The summed E-state index contributed by atoms with van der Waals surface area (Å²) in [6.07, 6.45) is 0. The van der Waals surface area contributed by atoms with E-state index >= 15 is 0 Å². The number of sulfonamides is 1. The highest BCUT2D eigenvalue weighted by Gasteiger charge is 2.31. The first-order valence-electron chi connectivity index (χ1n) is 11.5. The minimum atomic E-state index is -4.21. The lowest BCUT2D eigenvalue weighted by molar-refractivity contribution is -0.129. The summed E-state index contributed by atoms with van der Waals surface area (Å²) in [4.78, 5) is 17.0. The fourth-order valence-corrected chi connectivity index (χ4v) is 5.75. The van der Waals surface area contributed by atoms with Gasteiger partial charge in [0.2, 0.25) is 5.91 Å². The number of piperazine rings is 1. The number of halogens is 2. The minimum absolute atomic E-state index is 0.0898. The Morgan fingerprint density at radius 3 is 2.24 bits per heavy atom. The summed E-state index contributed by atoms with van der Waals surface area (Å²) in [5.74, 6) is -0.288. The first-order chi connectivity index (χ1) is 17.7. The number of nitrogens with zero attached hydrogens (tertiary/aromatic N) is 3. The molecule has 0 saturated carbocycles. The Balaban J connectivity index is 1.57. The van der Waals surface area contributed by atoms with Crippen LogP contribution in [-0.4, -0.2) is 66.2 Å². The molecule has 1 saturated heterocycles. The van der Waals surface area contributed by atoms with Crippen molar-refractivity contribution >= 4 is 38.9 Å². The number of ether oxygens (including phenoxy) is 2. The lowest BCUT2D eigenvalue weighted by atomic mass is 10.2. The number of carbonyl (C=O) groups is 1. The smallest absolute Gasteiger partial charge is 0.264 e. The van der Waals surface area contributed by atoms with Crippen LogP contribution in [0.3, 0.4) is 0 Å². The van der Waals surface area contributed by atoms with Crippen molar-refractivity contribution in [1.82, 2.24) is 4.90 Å². The predicted octanol–water partition coefficient (Wildman–Crippen LogP) is 4.04. The standard InChI is InChI=1S/C26H27ClFN3O5S/c1-35-24-11-10-23(17-25(24)36-2)37(33,34)31(21-8-6-20(28)7-9-21)18-26(32)30-14-12-29(13-15-30)22-5-3-4-19(27)16-22/h3-11,16-17H,12-15,18H2,1-2H3. The van der Waals surface area contributed by atoms with Gasteiger partial charge in [0.25, 0.3) is 10.0 Å².